The van der Waals surface area contributed by atoms with E-state index in [1.54, 1.807) is 14.0 Å². The highest BCUT2D eigenvalue weighted by Gasteiger charge is 2.21. The zero-order valence-electron chi connectivity index (χ0n) is 13.2. The molecular formula is C14H13N5O4S2. The fraction of sp³-hybridized carbons (Fsp3) is 0.143. The zero-order valence-corrected chi connectivity index (χ0v) is 14.8. The summed E-state index contributed by atoms with van der Waals surface area (Å²) in [4.78, 5) is 33.9. The summed E-state index contributed by atoms with van der Waals surface area (Å²) < 4.78 is 23.7. The summed E-state index contributed by atoms with van der Waals surface area (Å²) in [7, 11) is -2.36. The van der Waals surface area contributed by atoms with Crippen molar-refractivity contribution < 1.29 is 13.2 Å². The lowest BCUT2D eigenvalue weighted by atomic mass is 10.2. The first-order chi connectivity index (χ1) is 11.7. The number of carbonyl (C=O) groups excluding carboxylic acids is 1. The average molecular weight is 379 g/mol. The number of sulfonamides is 1. The number of anilines is 1. The molecule has 11 heteroatoms. The first-order valence-corrected chi connectivity index (χ1v) is 9.29. The van der Waals surface area contributed by atoms with E-state index in [0.29, 0.717) is 9.71 Å². The van der Waals surface area contributed by atoms with Gasteiger partial charge in [0.25, 0.3) is 21.5 Å². The van der Waals surface area contributed by atoms with Crippen molar-refractivity contribution in [3.05, 3.63) is 45.5 Å². The van der Waals surface area contributed by atoms with Crippen LogP contribution in [0.25, 0.3) is 10.2 Å². The van der Waals surface area contributed by atoms with E-state index in [0.717, 1.165) is 0 Å². The Morgan fingerprint density at radius 2 is 2.04 bits per heavy atom. The number of nitrogens with one attached hydrogen (secondary N) is 1. The highest BCUT2D eigenvalue weighted by molar-refractivity contribution is 7.89. The van der Waals surface area contributed by atoms with Crippen molar-refractivity contribution in [2.24, 2.45) is 12.2 Å². The number of pyridine rings is 1. The lowest BCUT2D eigenvalue weighted by Crippen LogP contribution is -2.20. The van der Waals surface area contributed by atoms with Crippen LogP contribution in [0.2, 0.25) is 0 Å². The van der Waals surface area contributed by atoms with Crippen molar-refractivity contribution in [2.75, 3.05) is 5.32 Å². The minimum absolute atomic E-state index is 0.240. The molecule has 0 aromatic carbocycles. The van der Waals surface area contributed by atoms with Gasteiger partial charge in [0.05, 0.1) is 29.2 Å². The molecule has 0 atom stereocenters. The molecule has 9 nitrogen and oxygen atoms in total. The number of hydrogen-bond donors (Lipinski definition) is 2. The summed E-state index contributed by atoms with van der Waals surface area (Å²) >= 11 is 1.25. The number of nitrogens with two attached hydrogens (primary N) is 1. The maximum absolute atomic E-state index is 12.6. The van der Waals surface area contributed by atoms with E-state index in [-0.39, 0.29) is 27.2 Å². The number of amides is 1. The summed E-state index contributed by atoms with van der Waals surface area (Å²) in [5.41, 5.74) is 0.197. The normalized spacial score (nSPS) is 11.6. The molecule has 0 spiro atoms. The summed E-state index contributed by atoms with van der Waals surface area (Å²) in [6, 6.07) is 2.55. The van der Waals surface area contributed by atoms with Crippen molar-refractivity contribution in [2.45, 2.75) is 11.9 Å². The van der Waals surface area contributed by atoms with Gasteiger partial charge in [0.15, 0.2) is 5.03 Å². The first kappa shape index (κ1) is 17.2. The lowest BCUT2D eigenvalue weighted by Gasteiger charge is -2.06. The molecule has 0 bridgehead atoms. The Bertz CT molecular complexity index is 1150. The van der Waals surface area contributed by atoms with Gasteiger partial charge in [-0.3, -0.25) is 9.59 Å². The van der Waals surface area contributed by atoms with Gasteiger partial charge >= 0.3 is 0 Å². The Hall–Kier alpha value is -2.63. The Labute approximate surface area is 146 Å². The fourth-order valence-corrected chi connectivity index (χ4v) is 3.71. The van der Waals surface area contributed by atoms with Crippen LogP contribution in [0, 0.1) is 6.92 Å². The Kier molecular flexibility index (Phi) is 4.14. The van der Waals surface area contributed by atoms with Crippen LogP contribution in [0.15, 0.2) is 34.5 Å². The van der Waals surface area contributed by atoms with Crippen LogP contribution in [0.4, 0.5) is 5.69 Å². The van der Waals surface area contributed by atoms with Crippen molar-refractivity contribution in [1.82, 2.24) is 14.5 Å². The van der Waals surface area contributed by atoms with E-state index in [9.17, 15) is 18.0 Å². The quantitative estimate of drug-likeness (QED) is 0.683. The number of hydrogen-bond acceptors (Lipinski definition) is 7. The maximum atomic E-state index is 12.6. The third kappa shape index (κ3) is 3.16. The molecule has 3 rings (SSSR count). The Morgan fingerprint density at radius 3 is 2.64 bits per heavy atom. The molecule has 3 N–H and O–H groups in total. The van der Waals surface area contributed by atoms with E-state index in [1.807, 2.05) is 0 Å². The van der Waals surface area contributed by atoms with Crippen molar-refractivity contribution in [1.29, 1.82) is 0 Å². The van der Waals surface area contributed by atoms with Gasteiger partial charge in [-0.05, 0) is 19.1 Å². The van der Waals surface area contributed by atoms with Gasteiger partial charge in [0, 0.05) is 11.9 Å². The number of rotatable bonds is 3. The molecule has 0 fully saturated rings. The maximum Gasteiger partial charge on any atom is 0.262 e. The van der Waals surface area contributed by atoms with Crippen LogP contribution in [0.3, 0.4) is 0 Å². The molecule has 0 saturated carbocycles. The Balaban J connectivity index is 2.00. The number of aryl methyl sites for hydroxylation is 2. The standard InChI is InChI=1S/C14H13N5O4S2/c1-7-10(11-13(24-7)17-6-19(2)14(11)21)12(20)18-8-3-4-9(16-5-8)25(15,22)23/h3-6H,1-2H3,(H,18,20)(H2,15,22,23). The third-order valence-corrected chi connectivity index (χ3v) is 5.30. The highest BCUT2D eigenvalue weighted by atomic mass is 32.2. The van der Waals surface area contributed by atoms with E-state index in [2.05, 4.69) is 15.3 Å². The topological polar surface area (TPSA) is 137 Å². The second-order valence-corrected chi connectivity index (χ2v) is 7.97. The zero-order chi connectivity index (χ0) is 18.4. The number of aromatic nitrogens is 3. The second-order valence-electron chi connectivity index (χ2n) is 5.26. The Morgan fingerprint density at radius 1 is 1.32 bits per heavy atom. The smallest absolute Gasteiger partial charge is 0.262 e. The second kappa shape index (κ2) is 6.02. The number of thiophene rings is 1. The van der Waals surface area contributed by atoms with E-state index >= 15 is 0 Å². The highest BCUT2D eigenvalue weighted by Crippen LogP contribution is 2.27. The number of nitrogens with zero attached hydrogens (tertiary/aromatic N) is 3. The van der Waals surface area contributed by atoms with E-state index in [1.165, 1.54) is 40.6 Å². The molecule has 0 saturated heterocycles. The number of primary sulfonamides is 1. The van der Waals surface area contributed by atoms with Crippen LogP contribution in [-0.2, 0) is 17.1 Å². The van der Waals surface area contributed by atoms with Crippen LogP contribution in [-0.4, -0.2) is 28.9 Å². The van der Waals surface area contributed by atoms with Crippen LogP contribution < -0.4 is 16.0 Å². The minimum atomic E-state index is -3.91. The summed E-state index contributed by atoms with van der Waals surface area (Å²) in [5.74, 6) is -0.501. The largest absolute Gasteiger partial charge is 0.321 e. The van der Waals surface area contributed by atoms with Gasteiger partial charge in [-0.1, -0.05) is 0 Å². The summed E-state index contributed by atoms with van der Waals surface area (Å²) in [6.07, 6.45) is 2.58. The molecule has 3 aromatic rings. The summed E-state index contributed by atoms with van der Waals surface area (Å²) in [5, 5.41) is 7.52. The van der Waals surface area contributed by atoms with Crippen LogP contribution in [0.5, 0.6) is 0 Å². The SMILES string of the molecule is Cc1sc2ncn(C)c(=O)c2c1C(=O)Nc1ccc(S(N)(=O)=O)nc1. The predicted octanol–water partition coefficient (Wildman–Crippen LogP) is 0.598. The molecule has 3 aromatic heterocycles. The summed E-state index contributed by atoms with van der Waals surface area (Å²) in [6.45, 7) is 1.73. The average Bonchev–Trinajstić information content (AvgIpc) is 2.87. The molecule has 1 amide bonds. The first-order valence-electron chi connectivity index (χ1n) is 6.93. The van der Waals surface area contributed by atoms with Gasteiger partial charge in [-0.2, -0.15) is 0 Å². The van der Waals surface area contributed by atoms with Crippen LogP contribution >= 0.6 is 11.3 Å². The van der Waals surface area contributed by atoms with Gasteiger partial charge in [0.2, 0.25) is 0 Å². The minimum Gasteiger partial charge on any atom is -0.321 e. The predicted molar refractivity (Wildman–Crippen MR) is 93.2 cm³/mol. The molecule has 0 aliphatic carbocycles. The third-order valence-electron chi connectivity index (χ3n) is 3.46. The van der Waals surface area contributed by atoms with Gasteiger partial charge < -0.3 is 9.88 Å². The van der Waals surface area contributed by atoms with Crippen LogP contribution in [0.1, 0.15) is 15.2 Å². The number of fused-ring (bicyclic) bond motifs is 1. The molecule has 0 radical (unpaired) electrons. The molecule has 25 heavy (non-hydrogen) atoms. The van der Waals surface area contributed by atoms with Crippen molar-refractivity contribution >= 4 is 43.2 Å². The molecule has 0 unspecified atom stereocenters. The van der Waals surface area contributed by atoms with Crippen molar-refractivity contribution in [3.8, 4) is 0 Å². The molecule has 3 heterocycles. The van der Waals surface area contributed by atoms with E-state index < -0.39 is 15.9 Å². The molecule has 130 valence electrons. The monoisotopic (exact) mass is 379 g/mol. The lowest BCUT2D eigenvalue weighted by molar-refractivity contribution is 0.102. The fourth-order valence-electron chi connectivity index (χ4n) is 2.28. The number of carbonyl (C=O) groups is 1. The van der Waals surface area contributed by atoms with Crippen molar-refractivity contribution in [3.63, 3.8) is 0 Å². The molecule has 0 aliphatic rings. The van der Waals surface area contributed by atoms with Gasteiger partial charge in [-0.15, -0.1) is 11.3 Å². The van der Waals surface area contributed by atoms with E-state index in [4.69, 9.17) is 5.14 Å². The molecular weight excluding hydrogens is 366 g/mol. The molecule has 0 aliphatic heterocycles. The van der Waals surface area contributed by atoms with Gasteiger partial charge in [0.1, 0.15) is 4.83 Å². The van der Waals surface area contributed by atoms with Gasteiger partial charge in [-0.25, -0.2) is 23.5 Å².